The first-order valence-electron chi connectivity index (χ1n) is 4.80. The molecule has 0 aliphatic carbocycles. The topological polar surface area (TPSA) is 76.7 Å². The van der Waals surface area contributed by atoms with Crippen LogP contribution >= 0.6 is 0 Å². The molecular weight excluding hydrogens is 202 g/mol. The molecule has 1 amide bonds. The van der Waals surface area contributed by atoms with E-state index in [1.54, 1.807) is 25.1 Å². The molecular formula is C12H11N3O. The van der Waals surface area contributed by atoms with Crippen LogP contribution < -0.4 is 5.32 Å². The first-order valence-corrected chi connectivity index (χ1v) is 4.80. The van der Waals surface area contributed by atoms with Crippen LogP contribution in [0, 0.1) is 35.5 Å². The highest BCUT2D eigenvalue weighted by Gasteiger charge is 2.14. The highest BCUT2D eigenvalue weighted by atomic mass is 16.1. The lowest BCUT2D eigenvalue weighted by Gasteiger charge is -2.09. The zero-order valence-corrected chi connectivity index (χ0v) is 9.11. The zero-order valence-electron chi connectivity index (χ0n) is 9.11. The molecule has 0 fully saturated rings. The minimum Gasteiger partial charge on any atom is -0.324 e. The predicted octanol–water partition coefficient (Wildman–Crippen LogP) is 1.96. The average molecular weight is 213 g/mol. The summed E-state index contributed by atoms with van der Waals surface area (Å²) in [6.45, 7) is 3.30. The molecule has 0 aliphatic heterocycles. The Morgan fingerprint density at radius 2 is 2.12 bits per heavy atom. The van der Waals surface area contributed by atoms with Crippen LogP contribution in [-0.2, 0) is 4.79 Å². The van der Waals surface area contributed by atoms with Crippen molar-refractivity contribution in [2.24, 2.45) is 5.92 Å². The lowest BCUT2D eigenvalue weighted by Crippen LogP contribution is -2.19. The molecule has 1 aromatic carbocycles. The average Bonchev–Trinajstić information content (AvgIpc) is 2.28. The molecule has 4 nitrogen and oxygen atoms in total. The third kappa shape index (κ3) is 2.37. The van der Waals surface area contributed by atoms with Crippen LogP contribution in [-0.4, -0.2) is 5.91 Å². The van der Waals surface area contributed by atoms with E-state index in [1.165, 1.54) is 6.92 Å². The number of benzene rings is 1. The Hall–Kier alpha value is -2.33. The van der Waals surface area contributed by atoms with Gasteiger partial charge in [0.2, 0.25) is 5.91 Å². The number of aryl methyl sites for hydroxylation is 1. The number of nitrogens with one attached hydrogen (secondary N) is 1. The third-order valence-electron chi connectivity index (χ3n) is 2.23. The van der Waals surface area contributed by atoms with Crippen molar-refractivity contribution in [2.75, 3.05) is 5.32 Å². The minimum absolute atomic E-state index is 0.399. The molecule has 80 valence electrons. The molecule has 4 heteroatoms. The molecule has 1 rings (SSSR count). The van der Waals surface area contributed by atoms with Crippen LogP contribution in [0.4, 0.5) is 5.69 Å². The van der Waals surface area contributed by atoms with E-state index in [9.17, 15) is 4.79 Å². The Bertz CT molecular complexity index is 494. The van der Waals surface area contributed by atoms with E-state index in [1.807, 2.05) is 12.1 Å². The van der Waals surface area contributed by atoms with E-state index in [2.05, 4.69) is 5.32 Å². The van der Waals surface area contributed by atoms with Crippen LogP contribution in [0.3, 0.4) is 0 Å². The van der Waals surface area contributed by atoms with Crippen LogP contribution in [0.15, 0.2) is 18.2 Å². The molecule has 1 atom stereocenters. The van der Waals surface area contributed by atoms with Gasteiger partial charge >= 0.3 is 0 Å². The van der Waals surface area contributed by atoms with Gasteiger partial charge in [-0.15, -0.1) is 0 Å². The van der Waals surface area contributed by atoms with Gasteiger partial charge in [-0.2, -0.15) is 10.5 Å². The number of nitrogens with zero attached hydrogens (tertiary/aromatic N) is 2. The van der Waals surface area contributed by atoms with Gasteiger partial charge in [0, 0.05) is 0 Å². The van der Waals surface area contributed by atoms with Crippen molar-refractivity contribution >= 4 is 11.6 Å². The van der Waals surface area contributed by atoms with E-state index < -0.39 is 11.8 Å². The fourth-order valence-corrected chi connectivity index (χ4v) is 1.22. The van der Waals surface area contributed by atoms with Crippen molar-refractivity contribution in [3.05, 3.63) is 29.3 Å². The predicted molar refractivity (Wildman–Crippen MR) is 59.3 cm³/mol. The minimum atomic E-state index is -0.730. The van der Waals surface area contributed by atoms with Gasteiger partial charge in [0.05, 0.1) is 17.3 Å². The SMILES string of the molecule is Cc1cccc(NC(=O)C(C)C#N)c1C#N. The molecule has 1 unspecified atom stereocenters. The standard InChI is InChI=1S/C12H11N3O/c1-8-4-3-5-11(10(8)7-14)15-12(16)9(2)6-13/h3-5,9H,1-2H3,(H,15,16). The second-order valence-electron chi connectivity index (χ2n) is 3.45. The van der Waals surface area contributed by atoms with Crippen LogP contribution in [0.25, 0.3) is 0 Å². The Balaban J connectivity index is 3.00. The van der Waals surface area contributed by atoms with Crippen LogP contribution in [0.5, 0.6) is 0 Å². The van der Waals surface area contributed by atoms with E-state index >= 15 is 0 Å². The number of hydrogen-bond acceptors (Lipinski definition) is 3. The molecule has 0 saturated carbocycles. The van der Waals surface area contributed by atoms with Crippen molar-refractivity contribution in [3.63, 3.8) is 0 Å². The maximum atomic E-state index is 11.5. The maximum absolute atomic E-state index is 11.5. The number of anilines is 1. The molecule has 0 spiro atoms. The van der Waals surface area contributed by atoms with Crippen LogP contribution in [0.2, 0.25) is 0 Å². The number of carbonyl (C=O) groups excluding carboxylic acids is 1. The fourth-order valence-electron chi connectivity index (χ4n) is 1.22. The number of hydrogen-bond donors (Lipinski definition) is 1. The highest BCUT2D eigenvalue weighted by Crippen LogP contribution is 2.18. The largest absolute Gasteiger partial charge is 0.324 e. The summed E-state index contributed by atoms with van der Waals surface area (Å²) >= 11 is 0. The van der Waals surface area contributed by atoms with Gasteiger partial charge < -0.3 is 5.32 Å². The summed E-state index contributed by atoms with van der Waals surface area (Å²) in [6, 6.07) is 9.06. The second kappa shape index (κ2) is 4.95. The Morgan fingerprint density at radius 1 is 1.44 bits per heavy atom. The van der Waals surface area contributed by atoms with Crippen molar-refractivity contribution in [3.8, 4) is 12.1 Å². The molecule has 1 N–H and O–H groups in total. The monoisotopic (exact) mass is 213 g/mol. The quantitative estimate of drug-likeness (QED) is 0.815. The lowest BCUT2D eigenvalue weighted by atomic mass is 10.1. The first kappa shape index (κ1) is 11.7. The number of nitriles is 2. The van der Waals surface area contributed by atoms with E-state index in [-0.39, 0.29) is 0 Å². The normalized spacial score (nSPS) is 11.0. The van der Waals surface area contributed by atoms with Crippen LogP contribution in [0.1, 0.15) is 18.1 Å². The molecule has 0 heterocycles. The number of carbonyl (C=O) groups is 1. The number of amides is 1. The summed E-state index contributed by atoms with van der Waals surface area (Å²) < 4.78 is 0. The highest BCUT2D eigenvalue weighted by molar-refractivity contribution is 5.95. The molecule has 0 aromatic heterocycles. The van der Waals surface area contributed by atoms with Gasteiger partial charge in [-0.25, -0.2) is 0 Å². The van der Waals surface area contributed by atoms with Gasteiger partial charge in [0.1, 0.15) is 12.0 Å². The zero-order chi connectivity index (χ0) is 12.1. The van der Waals surface area contributed by atoms with E-state index in [0.717, 1.165) is 5.56 Å². The van der Waals surface area contributed by atoms with E-state index in [4.69, 9.17) is 10.5 Å². The van der Waals surface area contributed by atoms with Gasteiger partial charge in [0.15, 0.2) is 0 Å². The molecule has 0 radical (unpaired) electrons. The number of rotatable bonds is 2. The fraction of sp³-hybridized carbons (Fsp3) is 0.250. The maximum Gasteiger partial charge on any atom is 0.241 e. The van der Waals surface area contributed by atoms with Crippen molar-refractivity contribution < 1.29 is 4.79 Å². The molecule has 1 aromatic rings. The van der Waals surface area contributed by atoms with Gasteiger partial charge in [-0.3, -0.25) is 4.79 Å². The Kier molecular flexibility index (Phi) is 3.63. The Morgan fingerprint density at radius 3 is 2.69 bits per heavy atom. The van der Waals surface area contributed by atoms with Crippen molar-refractivity contribution in [2.45, 2.75) is 13.8 Å². The first-order chi connectivity index (χ1) is 7.60. The summed E-state index contributed by atoms with van der Waals surface area (Å²) in [4.78, 5) is 11.5. The lowest BCUT2D eigenvalue weighted by molar-refractivity contribution is -0.117. The summed E-state index contributed by atoms with van der Waals surface area (Å²) in [5.41, 5.74) is 1.68. The van der Waals surface area contributed by atoms with Gasteiger partial charge in [-0.1, -0.05) is 12.1 Å². The van der Waals surface area contributed by atoms with Gasteiger partial charge in [-0.05, 0) is 25.5 Å². The van der Waals surface area contributed by atoms with Crippen molar-refractivity contribution in [1.82, 2.24) is 0 Å². The summed E-state index contributed by atoms with van der Waals surface area (Å²) in [6.07, 6.45) is 0. The smallest absolute Gasteiger partial charge is 0.241 e. The van der Waals surface area contributed by atoms with E-state index in [0.29, 0.717) is 11.3 Å². The summed E-state index contributed by atoms with van der Waals surface area (Å²) in [5.74, 6) is -1.13. The molecule has 0 aliphatic rings. The summed E-state index contributed by atoms with van der Waals surface area (Å²) in [7, 11) is 0. The summed E-state index contributed by atoms with van der Waals surface area (Å²) in [5, 5.41) is 20.1. The molecule has 16 heavy (non-hydrogen) atoms. The Labute approximate surface area is 94.1 Å². The van der Waals surface area contributed by atoms with Crippen molar-refractivity contribution in [1.29, 1.82) is 10.5 Å². The molecule has 0 bridgehead atoms. The third-order valence-corrected chi connectivity index (χ3v) is 2.23. The second-order valence-corrected chi connectivity index (χ2v) is 3.45. The van der Waals surface area contributed by atoms with Gasteiger partial charge in [0.25, 0.3) is 0 Å². The molecule has 0 saturated heterocycles.